The highest BCUT2D eigenvalue weighted by atomic mass is 16.5. The van der Waals surface area contributed by atoms with Crippen LogP contribution in [0, 0.1) is 0 Å². The number of aliphatic hydroxyl groups excluding tert-OH is 1. The Hall–Kier alpha value is -2.44. The van der Waals surface area contributed by atoms with Gasteiger partial charge in [0.25, 0.3) is 0 Å². The second-order valence-electron chi connectivity index (χ2n) is 5.47. The Morgan fingerprint density at radius 1 is 1.22 bits per heavy atom. The summed E-state index contributed by atoms with van der Waals surface area (Å²) in [6, 6.07) is 11.8. The molecule has 0 radical (unpaired) electrons. The van der Waals surface area contributed by atoms with Crippen molar-refractivity contribution in [3.05, 3.63) is 54.5 Å². The second kappa shape index (κ2) is 7.21. The monoisotopic (exact) mass is 312 g/mol. The van der Waals surface area contributed by atoms with Gasteiger partial charge in [-0.3, -0.25) is 0 Å². The normalized spacial score (nSPS) is 12.4. The summed E-state index contributed by atoms with van der Waals surface area (Å²) in [5.41, 5.74) is 1.88. The number of nitrogens with zero attached hydrogens (tertiary/aromatic N) is 3. The van der Waals surface area contributed by atoms with E-state index in [1.165, 1.54) is 6.33 Å². The lowest BCUT2D eigenvalue weighted by Gasteiger charge is -2.22. The van der Waals surface area contributed by atoms with Crippen molar-refractivity contribution in [3.8, 4) is 0 Å². The summed E-state index contributed by atoms with van der Waals surface area (Å²) in [6.07, 6.45) is 2.76. The summed E-state index contributed by atoms with van der Waals surface area (Å²) in [6.45, 7) is 1.21. The molecule has 6 nitrogen and oxygen atoms in total. The molecular weight excluding hydrogens is 292 g/mol. The number of anilines is 1. The number of aromatic nitrogens is 3. The Kier molecular flexibility index (Phi) is 4.85. The van der Waals surface area contributed by atoms with Crippen LogP contribution >= 0.6 is 0 Å². The zero-order valence-electron chi connectivity index (χ0n) is 13.0. The van der Waals surface area contributed by atoms with Gasteiger partial charge in [-0.25, -0.2) is 9.97 Å². The van der Waals surface area contributed by atoms with Gasteiger partial charge in [0.05, 0.1) is 24.7 Å². The fourth-order valence-electron chi connectivity index (χ4n) is 2.51. The van der Waals surface area contributed by atoms with Crippen molar-refractivity contribution in [3.63, 3.8) is 0 Å². The van der Waals surface area contributed by atoms with Crippen LogP contribution in [0.3, 0.4) is 0 Å². The number of fused-ring (bicyclic) bond motifs is 1. The number of hydrogen-bond acceptors (Lipinski definition) is 5. The molecule has 120 valence electrons. The predicted octanol–water partition coefficient (Wildman–Crippen LogP) is 1.97. The van der Waals surface area contributed by atoms with Crippen molar-refractivity contribution in [1.82, 2.24) is 15.0 Å². The van der Waals surface area contributed by atoms with E-state index < -0.39 is 6.10 Å². The van der Waals surface area contributed by atoms with E-state index in [0.29, 0.717) is 13.2 Å². The summed E-state index contributed by atoms with van der Waals surface area (Å²) in [4.78, 5) is 13.4. The first-order valence-corrected chi connectivity index (χ1v) is 7.53. The largest absolute Gasteiger partial charge is 0.389 e. The molecular formula is C17H20N4O2. The lowest BCUT2D eigenvalue weighted by molar-refractivity contribution is 0.0324. The van der Waals surface area contributed by atoms with E-state index in [4.69, 9.17) is 4.74 Å². The molecule has 23 heavy (non-hydrogen) atoms. The van der Waals surface area contributed by atoms with Crippen LogP contribution in [0.15, 0.2) is 48.9 Å². The Morgan fingerprint density at radius 3 is 2.87 bits per heavy atom. The van der Waals surface area contributed by atoms with E-state index in [0.717, 1.165) is 22.4 Å². The van der Waals surface area contributed by atoms with E-state index in [-0.39, 0.29) is 6.61 Å². The molecule has 0 spiro atoms. The van der Waals surface area contributed by atoms with E-state index in [2.05, 4.69) is 15.0 Å². The standard InChI is InChI=1S/C17H20N4O2/c1-21(17-15-7-8-18-16(15)19-12-20-17)9-14(22)11-23-10-13-5-3-2-4-6-13/h2-8,12,14,22H,9-11H2,1H3,(H,18,19,20)/t14-/m0/s1. The van der Waals surface area contributed by atoms with E-state index in [9.17, 15) is 5.11 Å². The summed E-state index contributed by atoms with van der Waals surface area (Å²) >= 11 is 0. The molecule has 0 aliphatic carbocycles. The highest BCUT2D eigenvalue weighted by Gasteiger charge is 2.13. The molecule has 0 saturated heterocycles. The molecule has 0 saturated carbocycles. The summed E-state index contributed by atoms with van der Waals surface area (Å²) in [5, 5.41) is 11.1. The van der Waals surface area contributed by atoms with Gasteiger partial charge in [-0.2, -0.15) is 0 Å². The number of aliphatic hydroxyl groups is 1. The molecule has 0 aliphatic rings. The zero-order chi connectivity index (χ0) is 16.1. The third kappa shape index (κ3) is 3.85. The third-order valence-electron chi connectivity index (χ3n) is 3.60. The molecule has 0 amide bonds. The minimum atomic E-state index is -0.590. The maximum atomic E-state index is 10.2. The second-order valence-corrected chi connectivity index (χ2v) is 5.47. The number of likely N-dealkylation sites (N-methyl/N-ethyl adjacent to an activating group) is 1. The molecule has 2 heterocycles. The summed E-state index contributed by atoms with van der Waals surface area (Å²) in [5.74, 6) is 0.790. The summed E-state index contributed by atoms with van der Waals surface area (Å²) < 4.78 is 5.58. The molecule has 2 aromatic heterocycles. The zero-order valence-corrected chi connectivity index (χ0v) is 13.0. The number of H-pyrrole nitrogens is 1. The molecule has 0 aliphatic heterocycles. The molecule has 1 atom stereocenters. The van der Waals surface area contributed by atoms with Crippen molar-refractivity contribution < 1.29 is 9.84 Å². The minimum Gasteiger partial charge on any atom is -0.389 e. The highest BCUT2D eigenvalue weighted by molar-refractivity contribution is 5.87. The van der Waals surface area contributed by atoms with Gasteiger partial charge in [-0.1, -0.05) is 30.3 Å². The van der Waals surface area contributed by atoms with Gasteiger partial charge in [0.15, 0.2) is 0 Å². The summed E-state index contributed by atoms with van der Waals surface area (Å²) in [7, 11) is 1.90. The first-order chi connectivity index (χ1) is 11.2. The van der Waals surface area contributed by atoms with Crippen molar-refractivity contribution in [1.29, 1.82) is 0 Å². The lowest BCUT2D eigenvalue weighted by atomic mass is 10.2. The number of aromatic amines is 1. The van der Waals surface area contributed by atoms with Gasteiger partial charge in [-0.15, -0.1) is 0 Å². The average molecular weight is 312 g/mol. The Balaban J connectivity index is 1.53. The van der Waals surface area contributed by atoms with Crippen LogP contribution in [0.2, 0.25) is 0 Å². The quantitative estimate of drug-likeness (QED) is 0.698. The fourth-order valence-corrected chi connectivity index (χ4v) is 2.51. The highest BCUT2D eigenvalue weighted by Crippen LogP contribution is 2.20. The van der Waals surface area contributed by atoms with Gasteiger partial charge in [0.2, 0.25) is 0 Å². The van der Waals surface area contributed by atoms with E-state index >= 15 is 0 Å². The van der Waals surface area contributed by atoms with Crippen LogP contribution < -0.4 is 4.90 Å². The van der Waals surface area contributed by atoms with Gasteiger partial charge in [0.1, 0.15) is 17.8 Å². The Bertz CT molecular complexity index is 744. The van der Waals surface area contributed by atoms with Crippen LogP contribution in [0.25, 0.3) is 11.0 Å². The van der Waals surface area contributed by atoms with Crippen LogP contribution in [0.5, 0.6) is 0 Å². The van der Waals surface area contributed by atoms with Gasteiger partial charge >= 0.3 is 0 Å². The molecule has 0 bridgehead atoms. The molecule has 0 fully saturated rings. The number of hydrogen-bond donors (Lipinski definition) is 2. The number of benzene rings is 1. The van der Waals surface area contributed by atoms with Crippen LogP contribution in [-0.4, -0.2) is 46.4 Å². The van der Waals surface area contributed by atoms with Gasteiger partial charge < -0.3 is 19.7 Å². The number of nitrogens with one attached hydrogen (secondary N) is 1. The Labute approximate surface area is 134 Å². The predicted molar refractivity (Wildman–Crippen MR) is 89.3 cm³/mol. The topological polar surface area (TPSA) is 74.3 Å². The van der Waals surface area contributed by atoms with E-state index in [1.807, 2.05) is 54.5 Å². The van der Waals surface area contributed by atoms with Crippen LogP contribution in [-0.2, 0) is 11.3 Å². The van der Waals surface area contributed by atoms with Crippen molar-refractivity contribution >= 4 is 16.9 Å². The van der Waals surface area contributed by atoms with Crippen molar-refractivity contribution in [2.45, 2.75) is 12.7 Å². The molecule has 3 rings (SSSR count). The van der Waals surface area contributed by atoms with Gasteiger partial charge in [-0.05, 0) is 11.6 Å². The van der Waals surface area contributed by atoms with Crippen LogP contribution in [0.4, 0.5) is 5.82 Å². The van der Waals surface area contributed by atoms with Crippen molar-refractivity contribution in [2.24, 2.45) is 0 Å². The van der Waals surface area contributed by atoms with Gasteiger partial charge in [0, 0.05) is 19.8 Å². The first kappa shape index (κ1) is 15.5. The number of ether oxygens (including phenoxy) is 1. The van der Waals surface area contributed by atoms with Crippen LogP contribution in [0.1, 0.15) is 5.56 Å². The van der Waals surface area contributed by atoms with Crippen molar-refractivity contribution in [2.75, 3.05) is 25.1 Å². The molecule has 6 heteroatoms. The smallest absolute Gasteiger partial charge is 0.142 e. The average Bonchev–Trinajstić information content (AvgIpc) is 3.04. The van der Waals surface area contributed by atoms with E-state index in [1.54, 1.807) is 0 Å². The maximum Gasteiger partial charge on any atom is 0.142 e. The maximum absolute atomic E-state index is 10.2. The Morgan fingerprint density at radius 2 is 2.04 bits per heavy atom. The molecule has 1 aromatic carbocycles. The number of rotatable bonds is 7. The molecule has 2 N–H and O–H groups in total. The molecule has 0 unspecified atom stereocenters. The fraction of sp³-hybridized carbons (Fsp3) is 0.294. The first-order valence-electron chi connectivity index (χ1n) is 7.53. The minimum absolute atomic E-state index is 0.278. The SMILES string of the molecule is CN(C[C@H](O)COCc1ccccc1)c1ncnc2[nH]ccc12. The third-order valence-corrected chi connectivity index (χ3v) is 3.60. The molecule has 3 aromatic rings. The lowest BCUT2D eigenvalue weighted by Crippen LogP contribution is -2.32.